The molecule has 2 unspecified atom stereocenters. The van der Waals surface area contributed by atoms with Crippen LogP contribution in [0.4, 0.5) is 0 Å². The highest BCUT2D eigenvalue weighted by Crippen LogP contribution is 2.44. The van der Waals surface area contributed by atoms with Gasteiger partial charge in [0.1, 0.15) is 7.05 Å². The van der Waals surface area contributed by atoms with Crippen LogP contribution >= 0.6 is 0 Å². The van der Waals surface area contributed by atoms with Crippen molar-refractivity contribution in [3.05, 3.63) is 64.8 Å². The maximum absolute atomic E-state index is 2.47. The Kier molecular flexibility index (Phi) is 6.34. The Bertz CT molecular complexity index is 1180. The minimum Gasteiger partial charge on any atom is -0.200 e. The van der Waals surface area contributed by atoms with Gasteiger partial charge in [0, 0.05) is 6.07 Å². The van der Waals surface area contributed by atoms with Crippen LogP contribution in [0.25, 0.3) is 22.0 Å². The van der Waals surface area contributed by atoms with Crippen LogP contribution in [0.3, 0.4) is 0 Å². The molecule has 3 aromatic rings. The van der Waals surface area contributed by atoms with Crippen molar-refractivity contribution in [3.63, 3.8) is 0 Å². The smallest absolute Gasteiger partial charge is 0.200 e. The third-order valence-electron chi connectivity index (χ3n) is 9.06. The fourth-order valence-electron chi connectivity index (χ4n) is 6.93. The molecule has 0 radical (unpaired) electrons. The Balaban J connectivity index is 1.45. The van der Waals surface area contributed by atoms with E-state index in [-0.39, 0.29) is 5.41 Å². The molecule has 2 atom stereocenters. The van der Waals surface area contributed by atoms with Crippen LogP contribution in [-0.2, 0) is 18.9 Å². The number of aryl methyl sites for hydroxylation is 3. The number of hydrogen-bond donors (Lipinski definition) is 0. The monoisotopic (exact) mass is 454 g/mol. The second kappa shape index (κ2) is 9.14. The molecule has 2 saturated carbocycles. The maximum Gasteiger partial charge on any atom is 0.220 e. The standard InChI is InChI=1S/C33H44N/c1-22-16-29(33(3,4)5)21-31(23(22)2)32-30-13-12-24(20-28(30)14-15-34(32)6)10-11-27-18-25-8-7-9-26(17-25)19-27/h12-16,20-21,25-27H,7-11,17-19H2,1-6H3/q+1. The van der Waals surface area contributed by atoms with Gasteiger partial charge in [0.15, 0.2) is 6.20 Å². The molecule has 1 nitrogen and oxygen atoms in total. The zero-order valence-corrected chi connectivity index (χ0v) is 22.4. The molecule has 0 saturated heterocycles. The van der Waals surface area contributed by atoms with Crippen molar-refractivity contribution in [2.75, 3.05) is 0 Å². The number of nitrogens with zero attached hydrogens (tertiary/aromatic N) is 1. The summed E-state index contributed by atoms with van der Waals surface area (Å²) in [6, 6.07) is 14.4. The van der Waals surface area contributed by atoms with Gasteiger partial charge in [0.05, 0.1) is 10.9 Å². The van der Waals surface area contributed by atoms with Crippen LogP contribution in [-0.4, -0.2) is 0 Å². The van der Waals surface area contributed by atoms with E-state index in [0.29, 0.717) is 0 Å². The average molecular weight is 455 g/mol. The van der Waals surface area contributed by atoms with Crippen LogP contribution in [0.1, 0.15) is 88.0 Å². The Morgan fingerprint density at radius 1 is 0.912 bits per heavy atom. The average Bonchev–Trinajstić information content (AvgIpc) is 2.79. The van der Waals surface area contributed by atoms with Crippen molar-refractivity contribution in [3.8, 4) is 11.3 Å². The molecule has 2 aliphatic rings. The molecule has 0 N–H and O–H groups in total. The lowest BCUT2D eigenvalue weighted by atomic mass is 9.67. The van der Waals surface area contributed by atoms with E-state index in [2.05, 4.69) is 88.8 Å². The lowest BCUT2D eigenvalue weighted by Gasteiger charge is -2.39. The van der Waals surface area contributed by atoms with Gasteiger partial charge >= 0.3 is 0 Å². The first-order chi connectivity index (χ1) is 16.2. The van der Waals surface area contributed by atoms with Crippen molar-refractivity contribution in [2.24, 2.45) is 24.8 Å². The van der Waals surface area contributed by atoms with Crippen LogP contribution in [0.5, 0.6) is 0 Å². The molecular weight excluding hydrogens is 410 g/mol. The number of benzene rings is 2. The second-order valence-corrected chi connectivity index (χ2v) is 12.7. The van der Waals surface area contributed by atoms with Crippen LogP contribution in [0, 0.1) is 31.6 Å². The summed E-state index contributed by atoms with van der Waals surface area (Å²) in [6.45, 7) is 11.5. The summed E-state index contributed by atoms with van der Waals surface area (Å²) in [5.41, 5.74) is 8.56. The number of rotatable bonds is 4. The molecule has 2 aromatic carbocycles. The molecule has 5 rings (SSSR count). The fraction of sp³-hybridized carbons (Fsp3) is 0.545. The fourth-order valence-corrected chi connectivity index (χ4v) is 6.93. The normalized spacial score (nSPS) is 22.8. The molecule has 1 aromatic heterocycles. The van der Waals surface area contributed by atoms with E-state index >= 15 is 0 Å². The highest BCUT2D eigenvalue weighted by molar-refractivity contribution is 5.94. The van der Waals surface area contributed by atoms with Crippen molar-refractivity contribution in [1.82, 2.24) is 0 Å². The summed E-state index contributed by atoms with van der Waals surface area (Å²) in [5.74, 6) is 3.02. The largest absolute Gasteiger partial charge is 0.220 e. The first-order valence-corrected chi connectivity index (χ1v) is 13.7. The van der Waals surface area contributed by atoms with Gasteiger partial charge < -0.3 is 0 Å². The lowest BCUT2D eigenvalue weighted by Crippen LogP contribution is -2.31. The first kappa shape index (κ1) is 23.6. The number of fused-ring (bicyclic) bond motifs is 3. The molecule has 1 heteroatoms. The number of aromatic nitrogens is 1. The molecule has 0 amide bonds. The minimum atomic E-state index is 0.140. The summed E-state index contributed by atoms with van der Waals surface area (Å²) < 4.78 is 2.32. The topological polar surface area (TPSA) is 3.88 Å². The molecule has 2 bridgehead atoms. The summed E-state index contributed by atoms with van der Waals surface area (Å²) in [6.07, 6.45) is 13.9. The quantitative estimate of drug-likeness (QED) is 0.348. The number of hydrogen-bond acceptors (Lipinski definition) is 0. The van der Waals surface area contributed by atoms with E-state index in [1.807, 2.05) is 0 Å². The Morgan fingerprint density at radius 3 is 2.35 bits per heavy atom. The van der Waals surface area contributed by atoms with E-state index in [1.54, 1.807) is 0 Å². The highest BCUT2D eigenvalue weighted by atomic mass is 14.9. The van der Waals surface area contributed by atoms with Gasteiger partial charge in [-0.05, 0) is 109 Å². The zero-order chi connectivity index (χ0) is 24.0. The molecule has 180 valence electrons. The Hall–Kier alpha value is -2.15. The summed E-state index contributed by atoms with van der Waals surface area (Å²) in [4.78, 5) is 0. The third-order valence-corrected chi connectivity index (χ3v) is 9.06. The van der Waals surface area contributed by atoms with Gasteiger partial charge in [0.2, 0.25) is 5.69 Å². The summed E-state index contributed by atoms with van der Waals surface area (Å²) in [5, 5.41) is 2.75. The Morgan fingerprint density at radius 2 is 1.65 bits per heavy atom. The van der Waals surface area contributed by atoms with E-state index in [0.717, 1.165) is 17.8 Å². The molecule has 2 aliphatic carbocycles. The Labute approximate surface area is 207 Å². The number of pyridine rings is 1. The van der Waals surface area contributed by atoms with Gasteiger partial charge in [-0.15, -0.1) is 0 Å². The molecule has 2 fully saturated rings. The van der Waals surface area contributed by atoms with Gasteiger partial charge in [0.25, 0.3) is 0 Å². The van der Waals surface area contributed by atoms with Crippen LogP contribution in [0.15, 0.2) is 42.6 Å². The van der Waals surface area contributed by atoms with Gasteiger partial charge in [-0.2, -0.15) is 0 Å². The SMILES string of the molecule is Cc1cc(C(C)(C)C)cc(-c2c3ccc(CCC4CC5CCCC(C5)C4)cc3cc[n+]2C)c1C. The third kappa shape index (κ3) is 4.68. The summed E-state index contributed by atoms with van der Waals surface area (Å²) in [7, 11) is 2.20. The molecule has 0 aliphatic heterocycles. The van der Waals surface area contributed by atoms with Gasteiger partial charge in [-0.1, -0.05) is 58.2 Å². The highest BCUT2D eigenvalue weighted by Gasteiger charge is 2.31. The van der Waals surface area contributed by atoms with E-state index in [1.165, 1.54) is 95.7 Å². The molecule has 34 heavy (non-hydrogen) atoms. The predicted octanol–water partition coefficient (Wildman–Crippen LogP) is 8.39. The van der Waals surface area contributed by atoms with Gasteiger partial charge in [-0.25, -0.2) is 4.57 Å². The molecular formula is C33H44N+. The van der Waals surface area contributed by atoms with Crippen LogP contribution < -0.4 is 4.57 Å². The molecule has 0 spiro atoms. The van der Waals surface area contributed by atoms with E-state index < -0.39 is 0 Å². The predicted molar refractivity (Wildman–Crippen MR) is 145 cm³/mol. The summed E-state index contributed by atoms with van der Waals surface area (Å²) >= 11 is 0. The zero-order valence-electron chi connectivity index (χ0n) is 22.4. The first-order valence-electron chi connectivity index (χ1n) is 13.7. The van der Waals surface area contributed by atoms with Crippen molar-refractivity contribution >= 4 is 10.8 Å². The molecule has 1 heterocycles. The van der Waals surface area contributed by atoms with Crippen molar-refractivity contribution < 1.29 is 4.57 Å². The minimum absolute atomic E-state index is 0.140. The van der Waals surface area contributed by atoms with Crippen LogP contribution in [0.2, 0.25) is 0 Å². The lowest BCUT2D eigenvalue weighted by molar-refractivity contribution is -0.659. The maximum atomic E-state index is 2.47. The van der Waals surface area contributed by atoms with E-state index in [9.17, 15) is 0 Å². The van der Waals surface area contributed by atoms with E-state index in [4.69, 9.17) is 0 Å². The van der Waals surface area contributed by atoms with Crippen molar-refractivity contribution in [2.45, 2.75) is 91.4 Å². The van der Waals surface area contributed by atoms with Gasteiger partial charge in [-0.3, -0.25) is 0 Å². The second-order valence-electron chi connectivity index (χ2n) is 12.7. The van der Waals surface area contributed by atoms with Crippen molar-refractivity contribution in [1.29, 1.82) is 0 Å².